The number of benzene rings is 2. The lowest BCUT2D eigenvalue weighted by Crippen LogP contribution is -2.27. The number of rotatable bonds is 6. The Kier molecular flexibility index (Phi) is 5.83. The van der Waals surface area contributed by atoms with E-state index in [0.29, 0.717) is 28.1 Å². The molecule has 1 fully saturated rings. The summed E-state index contributed by atoms with van der Waals surface area (Å²) >= 11 is 6.68. The molecule has 29 heavy (non-hydrogen) atoms. The molecule has 0 N–H and O–H groups in total. The van der Waals surface area contributed by atoms with Crippen LogP contribution < -0.4 is 4.74 Å². The second-order valence-corrected chi connectivity index (χ2v) is 8.31. The van der Waals surface area contributed by atoms with Crippen LogP contribution in [0.4, 0.5) is 0 Å². The number of aryl methyl sites for hydroxylation is 1. The predicted molar refractivity (Wildman–Crippen MR) is 119 cm³/mol. The first kappa shape index (κ1) is 19.5. The van der Waals surface area contributed by atoms with E-state index in [1.165, 1.54) is 17.3 Å². The minimum absolute atomic E-state index is 0.109. The van der Waals surface area contributed by atoms with Crippen LogP contribution in [0.3, 0.4) is 0 Å². The molecule has 0 aliphatic carbocycles. The van der Waals surface area contributed by atoms with E-state index in [2.05, 4.69) is 19.1 Å². The third-order valence-electron chi connectivity index (χ3n) is 4.58. The summed E-state index contributed by atoms with van der Waals surface area (Å²) in [5.41, 5.74) is 3.24. The van der Waals surface area contributed by atoms with E-state index in [0.717, 1.165) is 16.9 Å². The molecule has 1 aliphatic rings. The third kappa shape index (κ3) is 4.60. The van der Waals surface area contributed by atoms with Crippen LogP contribution >= 0.6 is 24.0 Å². The van der Waals surface area contributed by atoms with E-state index >= 15 is 0 Å². The first-order chi connectivity index (χ1) is 14.1. The second kappa shape index (κ2) is 8.68. The molecule has 0 radical (unpaired) electrons. The molecule has 1 saturated heterocycles. The molecule has 4 rings (SSSR count). The zero-order valence-electron chi connectivity index (χ0n) is 15.8. The number of hydrogen-bond acceptors (Lipinski definition) is 5. The SMILES string of the molecule is Cc1ccccc1COc1cccc(C=C2SC(=S)N(Cc3ccco3)C2=O)c1. The highest BCUT2D eigenvalue weighted by atomic mass is 32.2. The maximum Gasteiger partial charge on any atom is 0.266 e. The number of thiocarbonyl (C=S) groups is 1. The molecule has 4 nitrogen and oxygen atoms in total. The third-order valence-corrected chi connectivity index (χ3v) is 5.96. The van der Waals surface area contributed by atoms with Crippen molar-refractivity contribution in [2.24, 2.45) is 0 Å². The lowest BCUT2D eigenvalue weighted by Gasteiger charge is -2.12. The summed E-state index contributed by atoms with van der Waals surface area (Å²) in [5, 5.41) is 0. The van der Waals surface area contributed by atoms with Crippen molar-refractivity contribution in [2.75, 3.05) is 0 Å². The van der Waals surface area contributed by atoms with Gasteiger partial charge in [0.05, 0.1) is 17.7 Å². The first-order valence-corrected chi connectivity index (χ1v) is 10.4. The van der Waals surface area contributed by atoms with Crippen molar-refractivity contribution in [1.82, 2.24) is 4.90 Å². The van der Waals surface area contributed by atoms with Crippen molar-refractivity contribution in [3.05, 3.63) is 94.3 Å². The highest BCUT2D eigenvalue weighted by molar-refractivity contribution is 8.26. The maximum absolute atomic E-state index is 12.8. The summed E-state index contributed by atoms with van der Waals surface area (Å²) in [4.78, 5) is 14.9. The average Bonchev–Trinajstić information content (AvgIpc) is 3.32. The van der Waals surface area contributed by atoms with E-state index < -0.39 is 0 Å². The molecule has 2 aromatic carbocycles. The van der Waals surface area contributed by atoms with Gasteiger partial charge in [0.2, 0.25) is 0 Å². The summed E-state index contributed by atoms with van der Waals surface area (Å²) in [7, 11) is 0. The van der Waals surface area contributed by atoms with Crippen molar-refractivity contribution in [2.45, 2.75) is 20.1 Å². The molecular weight excluding hydrogens is 402 g/mol. The monoisotopic (exact) mass is 421 g/mol. The largest absolute Gasteiger partial charge is 0.489 e. The fourth-order valence-corrected chi connectivity index (χ4v) is 4.23. The number of hydrogen-bond donors (Lipinski definition) is 0. The van der Waals surface area contributed by atoms with Gasteiger partial charge in [0.25, 0.3) is 5.91 Å². The molecular formula is C23H19NO3S2. The Labute approximate surface area is 179 Å². The van der Waals surface area contributed by atoms with E-state index in [1.54, 1.807) is 17.2 Å². The fourth-order valence-electron chi connectivity index (χ4n) is 2.97. The molecule has 1 aromatic heterocycles. The average molecular weight is 422 g/mol. The van der Waals surface area contributed by atoms with E-state index in [4.69, 9.17) is 21.4 Å². The van der Waals surface area contributed by atoms with E-state index in [1.807, 2.05) is 48.5 Å². The fraction of sp³-hybridized carbons (Fsp3) is 0.130. The van der Waals surface area contributed by atoms with Crippen LogP contribution in [0.15, 0.2) is 76.2 Å². The summed E-state index contributed by atoms with van der Waals surface area (Å²) in [6, 6.07) is 19.5. The van der Waals surface area contributed by atoms with Gasteiger partial charge in [-0.1, -0.05) is 60.4 Å². The lowest BCUT2D eigenvalue weighted by molar-refractivity contribution is -0.122. The molecule has 0 spiro atoms. The molecule has 6 heteroatoms. The summed E-state index contributed by atoms with van der Waals surface area (Å²) in [6.07, 6.45) is 3.44. The molecule has 2 heterocycles. The second-order valence-electron chi connectivity index (χ2n) is 6.63. The number of amides is 1. The minimum Gasteiger partial charge on any atom is -0.489 e. The molecule has 1 aliphatic heterocycles. The number of nitrogens with zero attached hydrogens (tertiary/aromatic N) is 1. The first-order valence-electron chi connectivity index (χ1n) is 9.15. The molecule has 0 bridgehead atoms. The normalized spacial score (nSPS) is 15.3. The van der Waals surface area contributed by atoms with Gasteiger partial charge in [-0.2, -0.15) is 0 Å². The van der Waals surface area contributed by atoms with Gasteiger partial charge in [0.1, 0.15) is 22.4 Å². The van der Waals surface area contributed by atoms with Crippen LogP contribution in [0.1, 0.15) is 22.5 Å². The van der Waals surface area contributed by atoms with Gasteiger partial charge < -0.3 is 9.15 Å². The molecule has 146 valence electrons. The van der Waals surface area contributed by atoms with Crippen molar-refractivity contribution >= 4 is 40.3 Å². The molecule has 0 saturated carbocycles. The minimum atomic E-state index is -0.109. The van der Waals surface area contributed by atoms with Crippen LogP contribution in [0, 0.1) is 6.92 Å². The van der Waals surface area contributed by atoms with E-state index in [9.17, 15) is 4.79 Å². The molecule has 0 atom stereocenters. The number of ether oxygens (including phenoxy) is 1. The molecule has 0 unspecified atom stereocenters. The highest BCUT2D eigenvalue weighted by Gasteiger charge is 2.32. The topological polar surface area (TPSA) is 42.7 Å². The maximum atomic E-state index is 12.8. The van der Waals surface area contributed by atoms with Crippen LogP contribution in [0.25, 0.3) is 6.08 Å². The zero-order valence-corrected chi connectivity index (χ0v) is 17.5. The van der Waals surface area contributed by atoms with Gasteiger partial charge in [-0.3, -0.25) is 9.69 Å². The van der Waals surface area contributed by atoms with Crippen LogP contribution in [-0.2, 0) is 17.9 Å². The van der Waals surface area contributed by atoms with Gasteiger partial charge >= 0.3 is 0 Å². The Balaban J connectivity index is 1.47. The smallest absolute Gasteiger partial charge is 0.266 e. The number of carbonyl (C=O) groups is 1. The van der Waals surface area contributed by atoms with Gasteiger partial charge in [-0.25, -0.2) is 0 Å². The number of furan rings is 1. The Morgan fingerprint density at radius 3 is 2.79 bits per heavy atom. The van der Waals surface area contributed by atoms with Crippen molar-refractivity contribution < 1.29 is 13.9 Å². The standard InChI is InChI=1S/C23H19NO3S2/c1-16-6-2-3-8-18(16)15-27-19-9-4-7-17(12-19)13-21-22(25)24(23(28)29-21)14-20-10-5-11-26-20/h2-13H,14-15H2,1H3. The van der Waals surface area contributed by atoms with Gasteiger partial charge in [-0.15, -0.1) is 0 Å². The Morgan fingerprint density at radius 2 is 2.00 bits per heavy atom. The van der Waals surface area contributed by atoms with Crippen molar-refractivity contribution in [3.8, 4) is 5.75 Å². The Hall–Kier alpha value is -2.83. The number of thioether (sulfide) groups is 1. The van der Waals surface area contributed by atoms with Gasteiger partial charge in [-0.05, 0) is 54.0 Å². The summed E-state index contributed by atoms with van der Waals surface area (Å²) < 4.78 is 11.8. The van der Waals surface area contributed by atoms with Crippen LogP contribution in [0.5, 0.6) is 5.75 Å². The molecule has 1 amide bonds. The zero-order chi connectivity index (χ0) is 20.2. The van der Waals surface area contributed by atoms with Gasteiger partial charge in [0.15, 0.2) is 0 Å². The number of carbonyl (C=O) groups excluding carboxylic acids is 1. The summed E-state index contributed by atoms with van der Waals surface area (Å²) in [5.74, 6) is 1.35. The van der Waals surface area contributed by atoms with E-state index in [-0.39, 0.29) is 5.91 Å². The molecule has 3 aromatic rings. The summed E-state index contributed by atoms with van der Waals surface area (Å²) in [6.45, 7) is 2.91. The van der Waals surface area contributed by atoms with Crippen LogP contribution in [-0.4, -0.2) is 15.1 Å². The van der Waals surface area contributed by atoms with Gasteiger partial charge in [0, 0.05) is 0 Å². The predicted octanol–water partition coefficient (Wildman–Crippen LogP) is 5.57. The lowest BCUT2D eigenvalue weighted by atomic mass is 10.1. The Morgan fingerprint density at radius 1 is 1.14 bits per heavy atom. The Bertz CT molecular complexity index is 1070. The highest BCUT2D eigenvalue weighted by Crippen LogP contribution is 2.34. The quantitative estimate of drug-likeness (QED) is 0.385. The van der Waals surface area contributed by atoms with Crippen molar-refractivity contribution in [3.63, 3.8) is 0 Å². The van der Waals surface area contributed by atoms with Crippen LogP contribution in [0.2, 0.25) is 0 Å². The van der Waals surface area contributed by atoms with Crippen molar-refractivity contribution in [1.29, 1.82) is 0 Å².